The Morgan fingerprint density at radius 3 is 2.42 bits per heavy atom. The molecular formula is C12H20. The van der Waals surface area contributed by atoms with E-state index in [1.807, 2.05) is 0 Å². The summed E-state index contributed by atoms with van der Waals surface area (Å²) < 4.78 is 0. The number of hydrogen-bond acceptors (Lipinski definition) is 0. The highest BCUT2D eigenvalue weighted by Gasteiger charge is 2.16. The molecule has 0 aromatic rings. The van der Waals surface area contributed by atoms with Gasteiger partial charge in [0.15, 0.2) is 0 Å². The Kier molecular flexibility index (Phi) is 2.76. The fraction of sp³-hybridized carbons (Fsp3) is 0.667. The molecule has 1 aliphatic rings. The largest absolute Gasteiger partial charge is 0.0725 e. The van der Waals surface area contributed by atoms with E-state index in [2.05, 4.69) is 40.7 Å². The molecule has 1 aliphatic carbocycles. The van der Waals surface area contributed by atoms with E-state index in [0.29, 0.717) is 5.92 Å². The molecule has 0 radical (unpaired) electrons. The minimum absolute atomic E-state index is 0.683. The van der Waals surface area contributed by atoms with E-state index < -0.39 is 0 Å². The summed E-state index contributed by atoms with van der Waals surface area (Å²) >= 11 is 0. The van der Waals surface area contributed by atoms with Gasteiger partial charge in [0, 0.05) is 0 Å². The zero-order valence-electron chi connectivity index (χ0n) is 8.94. The van der Waals surface area contributed by atoms with E-state index in [9.17, 15) is 0 Å². The maximum Gasteiger partial charge on any atom is -0.0191 e. The molecule has 12 heavy (non-hydrogen) atoms. The second-order valence-corrected chi connectivity index (χ2v) is 4.39. The van der Waals surface area contributed by atoms with Crippen molar-refractivity contribution in [2.24, 2.45) is 11.8 Å². The average molecular weight is 164 g/mol. The van der Waals surface area contributed by atoms with E-state index in [-0.39, 0.29) is 0 Å². The maximum absolute atomic E-state index is 2.38. The zero-order valence-corrected chi connectivity index (χ0v) is 8.94. The quantitative estimate of drug-likeness (QED) is 0.550. The molecule has 1 atom stereocenters. The Morgan fingerprint density at radius 1 is 1.33 bits per heavy atom. The van der Waals surface area contributed by atoms with Gasteiger partial charge < -0.3 is 0 Å². The third-order valence-corrected chi connectivity index (χ3v) is 2.85. The van der Waals surface area contributed by atoms with Gasteiger partial charge in [-0.2, -0.15) is 0 Å². The van der Waals surface area contributed by atoms with Crippen LogP contribution in [0.1, 0.15) is 41.0 Å². The van der Waals surface area contributed by atoms with Crippen molar-refractivity contribution in [1.29, 1.82) is 0 Å². The smallest absolute Gasteiger partial charge is 0.0191 e. The molecule has 0 fully saturated rings. The normalized spacial score (nSPS) is 24.8. The summed E-state index contributed by atoms with van der Waals surface area (Å²) in [5, 5.41) is 0. The van der Waals surface area contributed by atoms with Crippen molar-refractivity contribution in [3.63, 3.8) is 0 Å². The molecule has 0 aliphatic heterocycles. The van der Waals surface area contributed by atoms with Crippen LogP contribution in [0.5, 0.6) is 0 Å². The van der Waals surface area contributed by atoms with E-state index in [1.54, 1.807) is 11.1 Å². The average Bonchev–Trinajstić information content (AvgIpc) is 1.96. The minimum Gasteiger partial charge on any atom is -0.0725 e. The van der Waals surface area contributed by atoms with Crippen LogP contribution in [0.2, 0.25) is 0 Å². The van der Waals surface area contributed by atoms with Crippen molar-refractivity contribution < 1.29 is 0 Å². The van der Waals surface area contributed by atoms with Gasteiger partial charge in [0.1, 0.15) is 0 Å². The van der Waals surface area contributed by atoms with Gasteiger partial charge >= 0.3 is 0 Å². The lowest BCUT2D eigenvalue weighted by atomic mass is 9.82. The van der Waals surface area contributed by atoms with Crippen molar-refractivity contribution >= 4 is 0 Å². The monoisotopic (exact) mass is 164 g/mol. The molecule has 0 saturated heterocycles. The molecule has 0 heteroatoms. The highest BCUT2D eigenvalue weighted by molar-refractivity contribution is 5.34. The van der Waals surface area contributed by atoms with Gasteiger partial charge in [0.25, 0.3) is 0 Å². The van der Waals surface area contributed by atoms with Gasteiger partial charge in [-0.15, -0.1) is 0 Å². The summed E-state index contributed by atoms with van der Waals surface area (Å²) in [7, 11) is 0. The molecule has 0 aromatic heterocycles. The maximum atomic E-state index is 2.38. The van der Waals surface area contributed by atoms with Gasteiger partial charge in [-0.05, 0) is 37.7 Å². The first kappa shape index (κ1) is 9.57. The molecule has 0 amide bonds. The Morgan fingerprint density at radius 2 is 1.92 bits per heavy atom. The number of hydrogen-bond donors (Lipinski definition) is 0. The molecule has 68 valence electrons. The van der Waals surface area contributed by atoms with Crippen molar-refractivity contribution in [2.45, 2.75) is 41.0 Å². The predicted octanol–water partition coefficient (Wildman–Crippen LogP) is 3.95. The molecule has 0 nitrogen and oxygen atoms in total. The van der Waals surface area contributed by atoms with E-state index >= 15 is 0 Å². The van der Waals surface area contributed by atoms with Crippen molar-refractivity contribution in [3.05, 3.63) is 22.8 Å². The van der Waals surface area contributed by atoms with Crippen LogP contribution in [0.25, 0.3) is 0 Å². The van der Waals surface area contributed by atoms with Crippen molar-refractivity contribution in [2.75, 3.05) is 0 Å². The highest BCUT2D eigenvalue weighted by atomic mass is 14.2. The Bertz CT molecular complexity index is 228. The lowest BCUT2D eigenvalue weighted by Gasteiger charge is -2.24. The van der Waals surface area contributed by atoms with Gasteiger partial charge in [0.2, 0.25) is 0 Å². The number of rotatable bonds is 1. The van der Waals surface area contributed by atoms with Crippen LogP contribution in [0.4, 0.5) is 0 Å². The molecule has 0 saturated carbocycles. The summed E-state index contributed by atoms with van der Waals surface area (Å²) in [6.07, 6.45) is 3.63. The van der Waals surface area contributed by atoms with Crippen LogP contribution in [-0.2, 0) is 0 Å². The first-order chi connectivity index (χ1) is 5.52. The van der Waals surface area contributed by atoms with Crippen LogP contribution in [0.15, 0.2) is 22.8 Å². The lowest BCUT2D eigenvalue weighted by molar-refractivity contribution is 0.624. The third-order valence-electron chi connectivity index (χ3n) is 2.85. The summed E-state index contributed by atoms with van der Waals surface area (Å²) in [5.74, 6) is 1.44. The van der Waals surface area contributed by atoms with Gasteiger partial charge in [-0.3, -0.25) is 0 Å². The summed E-state index contributed by atoms with van der Waals surface area (Å²) in [4.78, 5) is 0. The van der Waals surface area contributed by atoms with Gasteiger partial charge in [-0.25, -0.2) is 0 Å². The fourth-order valence-electron chi connectivity index (χ4n) is 1.98. The SMILES string of the molecule is CC1=CC(C(C)C)=C(C)C(C)C1. The Labute approximate surface area is 76.4 Å². The molecule has 0 heterocycles. The van der Waals surface area contributed by atoms with Crippen LogP contribution >= 0.6 is 0 Å². The van der Waals surface area contributed by atoms with E-state index in [0.717, 1.165) is 5.92 Å². The topological polar surface area (TPSA) is 0 Å². The molecule has 0 N–H and O–H groups in total. The highest BCUT2D eigenvalue weighted by Crippen LogP contribution is 2.32. The molecule has 1 unspecified atom stereocenters. The summed E-state index contributed by atoms with van der Waals surface area (Å²) in [5.41, 5.74) is 4.69. The van der Waals surface area contributed by atoms with E-state index in [1.165, 1.54) is 12.0 Å². The van der Waals surface area contributed by atoms with Crippen molar-refractivity contribution in [1.82, 2.24) is 0 Å². The van der Waals surface area contributed by atoms with Crippen LogP contribution < -0.4 is 0 Å². The van der Waals surface area contributed by atoms with Crippen LogP contribution in [-0.4, -0.2) is 0 Å². The van der Waals surface area contributed by atoms with Crippen LogP contribution in [0.3, 0.4) is 0 Å². The molecule has 1 rings (SSSR count). The molecule has 0 aromatic carbocycles. The van der Waals surface area contributed by atoms with E-state index in [4.69, 9.17) is 0 Å². The standard InChI is InChI=1S/C12H20/c1-8(2)12-7-9(3)6-10(4)11(12)5/h7-8,10H,6H2,1-5H3. The summed E-state index contributed by atoms with van der Waals surface area (Å²) in [6, 6.07) is 0. The predicted molar refractivity (Wildman–Crippen MR) is 55.1 cm³/mol. The first-order valence-electron chi connectivity index (χ1n) is 4.90. The first-order valence-corrected chi connectivity index (χ1v) is 4.90. The van der Waals surface area contributed by atoms with Gasteiger partial charge in [-0.1, -0.05) is 38.0 Å². The Balaban J connectivity index is 3.00. The summed E-state index contributed by atoms with van der Waals surface area (Å²) in [6.45, 7) is 11.4. The zero-order chi connectivity index (χ0) is 9.30. The minimum atomic E-state index is 0.683. The van der Waals surface area contributed by atoms with Crippen molar-refractivity contribution in [3.8, 4) is 0 Å². The fourth-order valence-corrected chi connectivity index (χ4v) is 1.98. The second-order valence-electron chi connectivity index (χ2n) is 4.39. The molecule has 0 bridgehead atoms. The molecular weight excluding hydrogens is 144 g/mol. The van der Waals surface area contributed by atoms with Gasteiger partial charge in [0.05, 0.1) is 0 Å². The lowest BCUT2D eigenvalue weighted by Crippen LogP contribution is -2.09. The third kappa shape index (κ3) is 1.80. The number of allylic oxidation sites excluding steroid dienone is 4. The second kappa shape index (κ2) is 3.47. The molecule has 0 spiro atoms. The van der Waals surface area contributed by atoms with Crippen LogP contribution in [0, 0.1) is 11.8 Å². The Hall–Kier alpha value is -0.520.